The minimum absolute atomic E-state index is 0.0593. The number of nitrogens with two attached hydrogens (primary N) is 1. The van der Waals surface area contributed by atoms with Crippen molar-refractivity contribution < 1.29 is 19.5 Å². The molecule has 0 aliphatic heterocycles. The Morgan fingerprint density at radius 1 is 1.20 bits per heavy atom. The molecule has 0 rings (SSSR count). The summed E-state index contributed by atoms with van der Waals surface area (Å²) >= 11 is 1.34. The number of carboxylic acids is 1. The van der Waals surface area contributed by atoms with Crippen LogP contribution in [0, 0.1) is 5.41 Å². The zero-order valence-electron chi connectivity index (χ0n) is 12.1. The van der Waals surface area contributed by atoms with Crippen LogP contribution in [0.2, 0.25) is 0 Å². The second kappa shape index (κ2) is 9.63. The second-order valence-electron chi connectivity index (χ2n) is 5.43. The number of carbonyl (C=O) groups is 3. The molecule has 4 N–H and O–H groups in total. The summed E-state index contributed by atoms with van der Waals surface area (Å²) in [6.45, 7) is 4.52. The lowest BCUT2D eigenvalue weighted by Gasteiger charge is -2.23. The molecule has 0 unspecified atom stereocenters. The summed E-state index contributed by atoms with van der Waals surface area (Å²) < 4.78 is 0. The first-order valence-electron chi connectivity index (χ1n) is 6.57. The third-order valence-electron chi connectivity index (χ3n) is 2.86. The Hall–Kier alpha value is -1.24. The third kappa shape index (κ3) is 11.8. The van der Waals surface area contributed by atoms with Crippen LogP contribution in [-0.4, -0.2) is 40.9 Å². The molecule has 116 valence electrons. The first-order valence-corrected chi connectivity index (χ1v) is 7.73. The van der Waals surface area contributed by atoms with Gasteiger partial charge in [-0.1, -0.05) is 13.8 Å². The molecule has 0 aromatic rings. The Labute approximate surface area is 123 Å². The van der Waals surface area contributed by atoms with E-state index in [0.29, 0.717) is 25.1 Å². The fourth-order valence-corrected chi connectivity index (χ4v) is 2.21. The van der Waals surface area contributed by atoms with Crippen LogP contribution >= 0.6 is 11.8 Å². The summed E-state index contributed by atoms with van der Waals surface area (Å²) in [6, 6.07) is 0. The predicted octanol–water partition coefficient (Wildman–Crippen LogP) is 0.992. The van der Waals surface area contributed by atoms with Crippen molar-refractivity contribution in [2.75, 3.05) is 18.1 Å². The smallest absolute Gasteiger partial charge is 0.303 e. The van der Waals surface area contributed by atoms with Crippen LogP contribution in [0.25, 0.3) is 0 Å². The fourth-order valence-electron chi connectivity index (χ4n) is 1.54. The number of amides is 2. The average Bonchev–Trinajstić information content (AvgIpc) is 2.32. The topological polar surface area (TPSA) is 109 Å². The quantitative estimate of drug-likeness (QED) is 0.493. The Morgan fingerprint density at radius 3 is 2.40 bits per heavy atom. The molecular formula is C13H24N2O4S. The zero-order valence-corrected chi connectivity index (χ0v) is 12.9. The number of nitrogens with one attached hydrogen (secondary N) is 1. The van der Waals surface area contributed by atoms with Gasteiger partial charge in [0.25, 0.3) is 0 Å². The van der Waals surface area contributed by atoms with Crippen LogP contribution in [-0.2, 0) is 14.4 Å². The minimum atomic E-state index is -0.798. The van der Waals surface area contributed by atoms with Crippen molar-refractivity contribution in [3.8, 4) is 0 Å². The molecule has 0 bridgehead atoms. The maximum atomic E-state index is 11.5. The van der Waals surface area contributed by atoms with Gasteiger partial charge in [0.1, 0.15) is 0 Å². The standard InChI is InChI=1S/C13H24N2O4S/c1-13(2,5-3-12(18)19)6-7-15-11(17)4-8-20-9-10(14)16/h3-9H2,1-2H3,(H2,14,16)(H,15,17)(H,18,19). The fraction of sp³-hybridized carbons (Fsp3) is 0.769. The highest BCUT2D eigenvalue weighted by molar-refractivity contribution is 7.99. The van der Waals surface area contributed by atoms with Gasteiger partial charge in [0.05, 0.1) is 5.75 Å². The van der Waals surface area contributed by atoms with Gasteiger partial charge in [-0.25, -0.2) is 0 Å². The highest BCUT2D eigenvalue weighted by Crippen LogP contribution is 2.25. The largest absolute Gasteiger partial charge is 0.481 e. The highest BCUT2D eigenvalue weighted by Gasteiger charge is 2.19. The molecule has 0 atom stereocenters. The van der Waals surface area contributed by atoms with E-state index in [-0.39, 0.29) is 29.4 Å². The molecule has 0 saturated heterocycles. The van der Waals surface area contributed by atoms with Crippen LogP contribution < -0.4 is 11.1 Å². The molecule has 20 heavy (non-hydrogen) atoms. The molecule has 0 aromatic heterocycles. The van der Waals surface area contributed by atoms with E-state index in [2.05, 4.69) is 5.32 Å². The lowest BCUT2D eigenvalue weighted by Crippen LogP contribution is -2.28. The van der Waals surface area contributed by atoms with Crippen LogP contribution in [0.3, 0.4) is 0 Å². The van der Waals surface area contributed by atoms with Crippen molar-refractivity contribution in [2.45, 2.75) is 39.5 Å². The number of aliphatic carboxylic acids is 1. The van der Waals surface area contributed by atoms with Crippen molar-refractivity contribution in [3.63, 3.8) is 0 Å². The van der Waals surface area contributed by atoms with E-state index >= 15 is 0 Å². The normalized spacial score (nSPS) is 11.1. The number of carbonyl (C=O) groups excluding carboxylic acids is 2. The Kier molecular flexibility index (Phi) is 9.03. The van der Waals surface area contributed by atoms with Crippen LogP contribution in [0.15, 0.2) is 0 Å². The maximum Gasteiger partial charge on any atom is 0.303 e. The van der Waals surface area contributed by atoms with Crippen LogP contribution in [0.4, 0.5) is 0 Å². The number of rotatable bonds is 11. The van der Waals surface area contributed by atoms with E-state index in [1.807, 2.05) is 13.8 Å². The third-order valence-corrected chi connectivity index (χ3v) is 3.84. The van der Waals surface area contributed by atoms with Gasteiger partial charge in [-0.15, -0.1) is 0 Å². The lowest BCUT2D eigenvalue weighted by atomic mass is 9.84. The molecule has 0 heterocycles. The number of hydrogen-bond acceptors (Lipinski definition) is 4. The summed E-state index contributed by atoms with van der Waals surface area (Å²) in [6.07, 6.45) is 1.82. The van der Waals surface area contributed by atoms with Gasteiger partial charge in [0, 0.05) is 25.1 Å². The molecule has 0 saturated carbocycles. The zero-order chi connectivity index (χ0) is 15.6. The van der Waals surface area contributed by atoms with Crippen LogP contribution in [0.5, 0.6) is 0 Å². The van der Waals surface area contributed by atoms with Gasteiger partial charge in [0.15, 0.2) is 0 Å². The Bertz CT molecular complexity index is 345. The molecule has 0 aliphatic rings. The first-order chi connectivity index (χ1) is 9.23. The Balaban J connectivity index is 3.68. The van der Waals surface area contributed by atoms with Crippen LogP contribution in [0.1, 0.15) is 39.5 Å². The van der Waals surface area contributed by atoms with Crippen molar-refractivity contribution in [2.24, 2.45) is 11.1 Å². The van der Waals surface area contributed by atoms with E-state index in [1.165, 1.54) is 11.8 Å². The van der Waals surface area contributed by atoms with Crippen molar-refractivity contribution in [3.05, 3.63) is 0 Å². The summed E-state index contributed by atoms with van der Waals surface area (Å²) in [5, 5.41) is 11.4. The van der Waals surface area contributed by atoms with Gasteiger partial charge >= 0.3 is 5.97 Å². The second-order valence-corrected chi connectivity index (χ2v) is 6.53. The predicted molar refractivity (Wildman–Crippen MR) is 79.4 cm³/mol. The van der Waals surface area contributed by atoms with Crippen molar-refractivity contribution in [1.29, 1.82) is 0 Å². The van der Waals surface area contributed by atoms with E-state index < -0.39 is 5.97 Å². The van der Waals surface area contributed by atoms with E-state index in [0.717, 1.165) is 6.42 Å². The molecule has 7 heteroatoms. The van der Waals surface area contributed by atoms with E-state index in [9.17, 15) is 14.4 Å². The molecule has 0 aliphatic carbocycles. The molecule has 0 spiro atoms. The first kappa shape index (κ1) is 18.8. The number of hydrogen-bond donors (Lipinski definition) is 3. The monoisotopic (exact) mass is 304 g/mol. The highest BCUT2D eigenvalue weighted by atomic mass is 32.2. The SMILES string of the molecule is CC(C)(CCNC(=O)CCSCC(N)=O)CCC(=O)O. The van der Waals surface area contributed by atoms with Crippen molar-refractivity contribution >= 4 is 29.5 Å². The summed E-state index contributed by atoms with van der Waals surface area (Å²) in [4.78, 5) is 32.5. The molecule has 0 radical (unpaired) electrons. The number of primary amides is 1. The van der Waals surface area contributed by atoms with Crippen molar-refractivity contribution in [1.82, 2.24) is 5.32 Å². The molecule has 0 fully saturated rings. The average molecular weight is 304 g/mol. The van der Waals surface area contributed by atoms with Gasteiger partial charge < -0.3 is 16.2 Å². The maximum absolute atomic E-state index is 11.5. The van der Waals surface area contributed by atoms with Gasteiger partial charge in [-0.05, 0) is 18.3 Å². The number of thioether (sulfide) groups is 1. The molecule has 6 nitrogen and oxygen atoms in total. The Morgan fingerprint density at radius 2 is 1.85 bits per heavy atom. The van der Waals surface area contributed by atoms with E-state index in [4.69, 9.17) is 10.8 Å². The van der Waals surface area contributed by atoms with Gasteiger partial charge in [0.2, 0.25) is 11.8 Å². The van der Waals surface area contributed by atoms with Gasteiger partial charge in [-0.3, -0.25) is 14.4 Å². The summed E-state index contributed by atoms with van der Waals surface area (Å²) in [5.41, 5.74) is 4.88. The molecule has 2 amide bonds. The lowest BCUT2D eigenvalue weighted by molar-refractivity contribution is -0.137. The van der Waals surface area contributed by atoms with Gasteiger partial charge in [-0.2, -0.15) is 11.8 Å². The minimum Gasteiger partial charge on any atom is -0.481 e. The molecular weight excluding hydrogens is 280 g/mol. The summed E-state index contributed by atoms with van der Waals surface area (Å²) in [7, 11) is 0. The number of carboxylic acid groups (broad SMARTS) is 1. The molecule has 0 aromatic carbocycles. The summed E-state index contributed by atoms with van der Waals surface area (Å²) in [5.74, 6) is -0.438. The van der Waals surface area contributed by atoms with E-state index in [1.54, 1.807) is 0 Å².